The number of anilines is 1. The molecule has 0 unspecified atom stereocenters. The lowest BCUT2D eigenvalue weighted by molar-refractivity contribution is -0.115. The lowest BCUT2D eigenvalue weighted by atomic mass is 10.1. The number of rotatable bonds is 7. The van der Waals surface area contributed by atoms with Crippen molar-refractivity contribution in [3.8, 4) is 11.3 Å². The van der Waals surface area contributed by atoms with Crippen LogP contribution in [0.2, 0.25) is 0 Å². The first-order chi connectivity index (χ1) is 13.0. The predicted octanol–water partition coefficient (Wildman–Crippen LogP) is 6.05. The third-order valence-corrected chi connectivity index (χ3v) is 5.84. The van der Waals surface area contributed by atoms with E-state index in [2.05, 4.69) is 67.5 Å². The van der Waals surface area contributed by atoms with Crippen LogP contribution in [0.25, 0.3) is 11.3 Å². The summed E-state index contributed by atoms with van der Waals surface area (Å²) in [7, 11) is 0. The molecule has 0 spiro atoms. The summed E-state index contributed by atoms with van der Waals surface area (Å²) >= 11 is 3.28. The van der Waals surface area contributed by atoms with Crippen molar-refractivity contribution in [2.75, 3.05) is 5.32 Å². The van der Waals surface area contributed by atoms with E-state index < -0.39 is 0 Å². The third kappa shape index (κ3) is 5.68. The molecule has 0 radical (unpaired) electrons. The molecule has 0 bridgehead atoms. The molecule has 0 aliphatic rings. The minimum absolute atomic E-state index is 0.0403. The zero-order chi connectivity index (χ0) is 19.2. The van der Waals surface area contributed by atoms with Gasteiger partial charge in [0.25, 0.3) is 0 Å². The highest BCUT2D eigenvalue weighted by atomic mass is 32.2. The quantitative estimate of drug-likeness (QED) is 0.494. The van der Waals surface area contributed by atoms with Gasteiger partial charge in [0.1, 0.15) is 0 Å². The Morgan fingerprint density at radius 1 is 1.07 bits per heavy atom. The molecule has 0 aliphatic heterocycles. The van der Waals surface area contributed by atoms with E-state index in [1.165, 1.54) is 21.8 Å². The number of aryl methyl sites for hydroxylation is 1. The van der Waals surface area contributed by atoms with Crippen LogP contribution in [0.5, 0.6) is 0 Å². The van der Waals surface area contributed by atoms with Crippen LogP contribution in [0.1, 0.15) is 31.9 Å². The molecule has 2 aromatic carbocycles. The molecule has 1 amide bonds. The van der Waals surface area contributed by atoms with Gasteiger partial charge in [-0.3, -0.25) is 4.79 Å². The monoisotopic (exact) mass is 396 g/mol. The summed E-state index contributed by atoms with van der Waals surface area (Å²) < 4.78 is 0. The fourth-order valence-corrected chi connectivity index (χ4v) is 4.26. The standard InChI is InChI=1S/C22H24N2OS2/c1-4-16-5-9-18(10-6-16)20-14-26-22(23-20)24-21(25)13-17-7-11-19(12-8-17)27-15(2)3/h5-12,14-15H,4,13H2,1-3H3,(H,23,24,25). The summed E-state index contributed by atoms with van der Waals surface area (Å²) in [5.41, 5.74) is 4.28. The second-order valence-electron chi connectivity index (χ2n) is 6.62. The zero-order valence-electron chi connectivity index (χ0n) is 15.9. The minimum atomic E-state index is -0.0403. The van der Waals surface area contributed by atoms with Crippen molar-refractivity contribution in [3.63, 3.8) is 0 Å². The number of benzene rings is 2. The lowest BCUT2D eigenvalue weighted by Crippen LogP contribution is -2.14. The third-order valence-electron chi connectivity index (χ3n) is 4.07. The van der Waals surface area contributed by atoms with Crippen molar-refractivity contribution in [1.29, 1.82) is 0 Å². The maximum atomic E-state index is 12.3. The van der Waals surface area contributed by atoms with Gasteiger partial charge in [0.2, 0.25) is 5.91 Å². The Bertz CT molecular complexity index is 883. The van der Waals surface area contributed by atoms with Crippen molar-refractivity contribution in [2.45, 2.75) is 43.8 Å². The Hall–Kier alpha value is -2.11. The van der Waals surface area contributed by atoms with Crippen LogP contribution in [0.15, 0.2) is 58.8 Å². The molecule has 3 rings (SSSR count). The average Bonchev–Trinajstić information content (AvgIpc) is 3.11. The van der Waals surface area contributed by atoms with E-state index in [9.17, 15) is 4.79 Å². The molecule has 140 valence electrons. The molecular formula is C22H24N2OS2. The Labute approximate surface area is 169 Å². The van der Waals surface area contributed by atoms with Gasteiger partial charge in [-0.1, -0.05) is 57.2 Å². The SMILES string of the molecule is CCc1ccc(-c2csc(NC(=O)Cc3ccc(SC(C)C)cc3)n2)cc1. The summed E-state index contributed by atoms with van der Waals surface area (Å²) in [6.45, 7) is 6.49. The second-order valence-corrected chi connectivity index (χ2v) is 9.13. The van der Waals surface area contributed by atoms with Gasteiger partial charge in [-0.15, -0.1) is 23.1 Å². The largest absolute Gasteiger partial charge is 0.302 e. The number of hydrogen-bond donors (Lipinski definition) is 1. The Morgan fingerprint density at radius 3 is 2.37 bits per heavy atom. The molecule has 0 saturated heterocycles. The summed E-state index contributed by atoms with van der Waals surface area (Å²) in [5, 5.41) is 6.09. The van der Waals surface area contributed by atoms with Crippen LogP contribution in [0.3, 0.4) is 0 Å². The van der Waals surface area contributed by atoms with Crippen molar-refractivity contribution >= 4 is 34.1 Å². The van der Waals surface area contributed by atoms with Gasteiger partial charge in [-0.25, -0.2) is 4.98 Å². The number of carbonyl (C=O) groups excluding carboxylic acids is 1. The summed E-state index contributed by atoms with van der Waals surface area (Å²) in [6, 6.07) is 16.6. The van der Waals surface area contributed by atoms with Crippen LogP contribution >= 0.6 is 23.1 Å². The summed E-state index contributed by atoms with van der Waals surface area (Å²) in [5.74, 6) is -0.0403. The second kappa shape index (κ2) is 9.20. The van der Waals surface area contributed by atoms with Gasteiger partial charge in [-0.2, -0.15) is 0 Å². The molecule has 5 heteroatoms. The van der Waals surface area contributed by atoms with Gasteiger partial charge >= 0.3 is 0 Å². The Kier molecular flexibility index (Phi) is 6.69. The van der Waals surface area contributed by atoms with Gasteiger partial charge < -0.3 is 5.32 Å². The van der Waals surface area contributed by atoms with E-state index in [-0.39, 0.29) is 5.91 Å². The van der Waals surface area contributed by atoms with E-state index in [0.29, 0.717) is 16.8 Å². The molecule has 0 atom stereocenters. The van der Waals surface area contributed by atoms with Gasteiger partial charge in [0, 0.05) is 21.1 Å². The van der Waals surface area contributed by atoms with Gasteiger partial charge in [0.15, 0.2) is 5.13 Å². The summed E-state index contributed by atoms with van der Waals surface area (Å²) in [6.07, 6.45) is 1.38. The van der Waals surface area contributed by atoms with Crippen LogP contribution in [-0.2, 0) is 17.6 Å². The molecule has 0 fully saturated rings. The topological polar surface area (TPSA) is 42.0 Å². The summed E-state index contributed by atoms with van der Waals surface area (Å²) in [4.78, 5) is 18.1. The molecule has 0 saturated carbocycles. The first-order valence-electron chi connectivity index (χ1n) is 9.13. The van der Waals surface area contributed by atoms with E-state index in [1.807, 2.05) is 29.3 Å². The van der Waals surface area contributed by atoms with Crippen LogP contribution in [-0.4, -0.2) is 16.1 Å². The van der Waals surface area contributed by atoms with Crippen LogP contribution < -0.4 is 5.32 Å². The maximum Gasteiger partial charge on any atom is 0.230 e. The predicted molar refractivity (Wildman–Crippen MR) is 117 cm³/mol. The van der Waals surface area contributed by atoms with Crippen molar-refractivity contribution < 1.29 is 4.79 Å². The molecule has 1 heterocycles. The molecular weight excluding hydrogens is 372 g/mol. The van der Waals surface area contributed by atoms with Crippen molar-refractivity contribution in [3.05, 3.63) is 65.0 Å². The number of nitrogens with zero attached hydrogens (tertiary/aromatic N) is 1. The number of hydrogen-bond acceptors (Lipinski definition) is 4. The normalized spacial score (nSPS) is 11.0. The Balaban J connectivity index is 1.58. The number of thiazole rings is 1. The van der Waals surface area contributed by atoms with Crippen molar-refractivity contribution in [2.24, 2.45) is 0 Å². The fraction of sp³-hybridized carbons (Fsp3) is 0.273. The number of aromatic nitrogens is 1. The maximum absolute atomic E-state index is 12.3. The minimum Gasteiger partial charge on any atom is -0.302 e. The van der Waals surface area contributed by atoms with E-state index >= 15 is 0 Å². The van der Waals surface area contributed by atoms with E-state index in [1.54, 1.807) is 0 Å². The van der Waals surface area contributed by atoms with E-state index in [4.69, 9.17) is 0 Å². The van der Waals surface area contributed by atoms with Gasteiger partial charge in [-0.05, 0) is 29.7 Å². The Morgan fingerprint density at radius 2 is 1.74 bits per heavy atom. The average molecular weight is 397 g/mol. The molecule has 3 aromatic rings. The molecule has 0 aliphatic carbocycles. The highest BCUT2D eigenvalue weighted by molar-refractivity contribution is 7.99. The molecule has 1 N–H and O–H groups in total. The smallest absolute Gasteiger partial charge is 0.230 e. The van der Waals surface area contributed by atoms with Crippen molar-refractivity contribution in [1.82, 2.24) is 4.98 Å². The number of thioether (sulfide) groups is 1. The molecule has 27 heavy (non-hydrogen) atoms. The van der Waals surface area contributed by atoms with Gasteiger partial charge in [0.05, 0.1) is 12.1 Å². The highest BCUT2D eigenvalue weighted by Crippen LogP contribution is 2.26. The van der Waals surface area contributed by atoms with Crippen LogP contribution in [0.4, 0.5) is 5.13 Å². The number of nitrogens with one attached hydrogen (secondary N) is 1. The fourth-order valence-electron chi connectivity index (χ4n) is 2.68. The van der Waals surface area contributed by atoms with E-state index in [0.717, 1.165) is 23.2 Å². The lowest BCUT2D eigenvalue weighted by Gasteiger charge is -2.06. The first-order valence-corrected chi connectivity index (χ1v) is 10.9. The number of amides is 1. The first kappa shape index (κ1) is 19.6. The molecule has 3 nitrogen and oxygen atoms in total. The highest BCUT2D eigenvalue weighted by Gasteiger charge is 2.09. The van der Waals surface area contributed by atoms with Crippen LogP contribution in [0, 0.1) is 0 Å². The number of carbonyl (C=O) groups is 1. The zero-order valence-corrected chi connectivity index (χ0v) is 17.5. The molecule has 1 aromatic heterocycles.